The zero-order chi connectivity index (χ0) is 22.0. The lowest BCUT2D eigenvalue weighted by molar-refractivity contribution is 0.0338. The third kappa shape index (κ3) is 3.98. The normalized spacial score (nSPS) is 12.4. The number of hydrogen-bond acceptors (Lipinski definition) is 5. The number of fused-ring (bicyclic) bond motifs is 2. The number of nitrogens with zero attached hydrogens (tertiary/aromatic N) is 3. The number of benzene rings is 2. The number of carbonyl (C=O) groups is 1. The van der Waals surface area contributed by atoms with E-state index in [1.54, 1.807) is 4.57 Å². The number of ether oxygens (including phenoxy) is 1. The van der Waals surface area contributed by atoms with Crippen molar-refractivity contribution in [1.82, 2.24) is 14.5 Å². The standard InChI is InChI=1S/C25H28N4O2/c1-4-6-9-17-12-14-18(15-13-17)29-23(26)21(25(30)31-16(3)5-2)22-24(29)28-20-11-8-7-10-19(20)27-22/h7-8,10-16H,4-6,9,26H2,1-3H3/t16-/m0/s1. The van der Waals surface area contributed by atoms with Gasteiger partial charge in [0.15, 0.2) is 5.65 Å². The molecule has 0 saturated heterocycles. The van der Waals surface area contributed by atoms with Crippen molar-refractivity contribution in [2.45, 2.75) is 52.6 Å². The molecule has 0 unspecified atom stereocenters. The lowest BCUT2D eigenvalue weighted by Crippen LogP contribution is -2.15. The number of aryl methyl sites for hydroxylation is 1. The molecule has 0 amide bonds. The van der Waals surface area contributed by atoms with Gasteiger partial charge in [-0.25, -0.2) is 14.8 Å². The van der Waals surface area contributed by atoms with Crippen LogP contribution in [-0.2, 0) is 11.2 Å². The van der Waals surface area contributed by atoms with Crippen LogP contribution in [0.1, 0.15) is 56.0 Å². The van der Waals surface area contributed by atoms with Crippen molar-refractivity contribution < 1.29 is 9.53 Å². The molecule has 2 N–H and O–H groups in total. The molecule has 6 nitrogen and oxygen atoms in total. The number of esters is 1. The summed E-state index contributed by atoms with van der Waals surface area (Å²) in [5.41, 5.74) is 11.4. The second kappa shape index (κ2) is 8.76. The Balaban J connectivity index is 1.90. The topological polar surface area (TPSA) is 83.0 Å². The Labute approximate surface area is 182 Å². The van der Waals surface area contributed by atoms with Gasteiger partial charge in [-0.3, -0.25) is 4.57 Å². The van der Waals surface area contributed by atoms with E-state index in [0.717, 1.165) is 36.9 Å². The molecule has 2 aromatic heterocycles. The van der Waals surface area contributed by atoms with Crippen molar-refractivity contribution in [2.24, 2.45) is 0 Å². The maximum Gasteiger partial charge on any atom is 0.344 e. The lowest BCUT2D eigenvalue weighted by Gasteiger charge is -2.11. The summed E-state index contributed by atoms with van der Waals surface area (Å²) in [6, 6.07) is 15.8. The first-order chi connectivity index (χ1) is 15.0. The van der Waals surface area contributed by atoms with Crippen LogP contribution in [0.3, 0.4) is 0 Å². The maximum atomic E-state index is 13.0. The van der Waals surface area contributed by atoms with Crippen LogP contribution in [0.4, 0.5) is 5.82 Å². The minimum absolute atomic E-state index is 0.212. The summed E-state index contributed by atoms with van der Waals surface area (Å²) >= 11 is 0. The van der Waals surface area contributed by atoms with E-state index in [-0.39, 0.29) is 11.7 Å². The summed E-state index contributed by atoms with van der Waals surface area (Å²) in [6.07, 6.45) is 3.85. The molecule has 0 aliphatic carbocycles. The summed E-state index contributed by atoms with van der Waals surface area (Å²) in [6.45, 7) is 6.02. The molecular weight excluding hydrogens is 388 g/mol. The van der Waals surface area contributed by atoms with Crippen LogP contribution in [0.25, 0.3) is 27.9 Å². The van der Waals surface area contributed by atoms with Gasteiger partial charge < -0.3 is 10.5 Å². The Hall–Kier alpha value is -3.41. The molecule has 0 bridgehead atoms. The van der Waals surface area contributed by atoms with Gasteiger partial charge in [0.25, 0.3) is 0 Å². The number of nitrogens with two attached hydrogens (primary N) is 1. The molecule has 0 aliphatic heterocycles. The van der Waals surface area contributed by atoms with E-state index in [2.05, 4.69) is 19.1 Å². The monoisotopic (exact) mass is 416 g/mol. The van der Waals surface area contributed by atoms with Crippen LogP contribution < -0.4 is 5.73 Å². The molecule has 6 heteroatoms. The fourth-order valence-corrected chi connectivity index (χ4v) is 3.64. The zero-order valence-corrected chi connectivity index (χ0v) is 18.3. The number of aromatic nitrogens is 3. The number of rotatable bonds is 7. The maximum absolute atomic E-state index is 13.0. The van der Waals surface area contributed by atoms with E-state index in [0.29, 0.717) is 22.5 Å². The second-order valence-electron chi connectivity index (χ2n) is 7.87. The predicted octanol–water partition coefficient (Wildman–Crippen LogP) is 5.45. The molecule has 31 heavy (non-hydrogen) atoms. The predicted molar refractivity (Wildman–Crippen MR) is 125 cm³/mol. The number of unbranched alkanes of at least 4 members (excludes halogenated alkanes) is 1. The van der Waals surface area contributed by atoms with Gasteiger partial charge in [-0.2, -0.15) is 0 Å². The van der Waals surface area contributed by atoms with Crippen molar-refractivity contribution in [3.8, 4) is 5.69 Å². The largest absolute Gasteiger partial charge is 0.459 e. The Kier molecular flexibility index (Phi) is 5.89. The smallest absolute Gasteiger partial charge is 0.344 e. The number of anilines is 1. The molecule has 0 spiro atoms. The van der Waals surface area contributed by atoms with E-state index in [1.807, 2.05) is 50.2 Å². The van der Waals surface area contributed by atoms with Crippen molar-refractivity contribution in [3.63, 3.8) is 0 Å². The van der Waals surface area contributed by atoms with Crippen LogP contribution in [0, 0.1) is 0 Å². The van der Waals surface area contributed by atoms with Crippen molar-refractivity contribution in [1.29, 1.82) is 0 Å². The quantitative estimate of drug-likeness (QED) is 0.405. The summed E-state index contributed by atoms with van der Waals surface area (Å²) in [7, 11) is 0. The molecule has 0 fully saturated rings. The van der Waals surface area contributed by atoms with Gasteiger partial charge in [-0.05, 0) is 56.0 Å². The summed E-state index contributed by atoms with van der Waals surface area (Å²) in [4.78, 5) is 22.6. The molecule has 4 aromatic rings. The zero-order valence-electron chi connectivity index (χ0n) is 18.3. The third-order valence-corrected chi connectivity index (χ3v) is 5.60. The van der Waals surface area contributed by atoms with Crippen molar-refractivity contribution in [3.05, 3.63) is 59.7 Å². The second-order valence-corrected chi connectivity index (χ2v) is 7.87. The summed E-state index contributed by atoms with van der Waals surface area (Å²) in [5, 5.41) is 0. The molecule has 0 saturated carbocycles. The van der Waals surface area contributed by atoms with Gasteiger partial charge in [0.1, 0.15) is 16.9 Å². The van der Waals surface area contributed by atoms with Gasteiger partial charge in [0.05, 0.1) is 17.1 Å². The van der Waals surface area contributed by atoms with Crippen LogP contribution >= 0.6 is 0 Å². The highest BCUT2D eigenvalue weighted by molar-refractivity contribution is 6.09. The number of hydrogen-bond donors (Lipinski definition) is 1. The molecule has 1 atom stereocenters. The molecular formula is C25H28N4O2. The van der Waals surface area contributed by atoms with Crippen LogP contribution in [0.15, 0.2) is 48.5 Å². The van der Waals surface area contributed by atoms with E-state index < -0.39 is 5.97 Å². The van der Waals surface area contributed by atoms with E-state index >= 15 is 0 Å². The highest BCUT2D eigenvalue weighted by Crippen LogP contribution is 2.32. The first-order valence-electron chi connectivity index (χ1n) is 10.9. The van der Waals surface area contributed by atoms with E-state index in [1.165, 1.54) is 5.56 Å². The number of carbonyl (C=O) groups excluding carboxylic acids is 1. The highest BCUT2D eigenvalue weighted by Gasteiger charge is 2.26. The Morgan fingerprint density at radius 2 is 1.74 bits per heavy atom. The minimum atomic E-state index is -0.472. The van der Waals surface area contributed by atoms with Crippen molar-refractivity contribution in [2.75, 3.05) is 5.73 Å². The average molecular weight is 417 g/mol. The molecule has 4 rings (SSSR count). The van der Waals surface area contributed by atoms with E-state index in [4.69, 9.17) is 20.4 Å². The Bertz CT molecular complexity index is 1230. The first-order valence-corrected chi connectivity index (χ1v) is 10.9. The molecule has 160 valence electrons. The molecule has 0 aliphatic rings. The Morgan fingerprint density at radius 1 is 1.06 bits per heavy atom. The fourth-order valence-electron chi connectivity index (χ4n) is 3.64. The first kappa shape index (κ1) is 20.8. The third-order valence-electron chi connectivity index (χ3n) is 5.60. The van der Waals surface area contributed by atoms with Crippen LogP contribution in [0.2, 0.25) is 0 Å². The van der Waals surface area contributed by atoms with Gasteiger partial charge in [-0.1, -0.05) is 44.5 Å². The van der Waals surface area contributed by atoms with Gasteiger partial charge >= 0.3 is 5.97 Å². The SMILES string of the molecule is CCCCc1ccc(-n2c(N)c(C(=O)O[C@@H](C)CC)c3nc4ccccc4nc32)cc1. The van der Waals surface area contributed by atoms with E-state index in [9.17, 15) is 4.79 Å². The van der Waals surface area contributed by atoms with Gasteiger partial charge in [0.2, 0.25) is 0 Å². The Morgan fingerprint density at radius 3 is 2.39 bits per heavy atom. The summed E-state index contributed by atoms with van der Waals surface area (Å²) in [5.74, 6) is -0.181. The number of para-hydroxylation sites is 2. The molecule has 0 radical (unpaired) electrons. The van der Waals surface area contributed by atoms with Gasteiger partial charge in [0, 0.05) is 5.69 Å². The van der Waals surface area contributed by atoms with Gasteiger partial charge in [-0.15, -0.1) is 0 Å². The fraction of sp³-hybridized carbons (Fsp3) is 0.320. The minimum Gasteiger partial charge on any atom is -0.459 e. The highest BCUT2D eigenvalue weighted by atomic mass is 16.5. The summed E-state index contributed by atoms with van der Waals surface area (Å²) < 4.78 is 7.40. The van der Waals surface area contributed by atoms with Crippen LogP contribution in [0.5, 0.6) is 0 Å². The van der Waals surface area contributed by atoms with Crippen LogP contribution in [-0.4, -0.2) is 26.6 Å². The van der Waals surface area contributed by atoms with Crippen molar-refractivity contribution >= 4 is 34.0 Å². The number of nitrogen functional groups attached to an aromatic ring is 1. The molecule has 2 heterocycles. The molecule has 2 aromatic carbocycles. The lowest BCUT2D eigenvalue weighted by atomic mass is 10.1. The average Bonchev–Trinajstić information content (AvgIpc) is 3.07.